The van der Waals surface area contributed by atoms with Gasteiger partial charge in [-0.2, -0.15) is 0 Å². The molecule has 0 amide bonds. The first kappa shape index (κ1) is 44.9. The Labute approximate surface area is 444 Å². The largest absolute Gasteiger partial charge is 0.311 e. The van der Waals surface area contributed by atoms with Crippen LogP contribution in [0.25, 0.3) is 73.7 Å². The molecule has 0 radical (unpaired) electrons. The lowest BCUT2D eigenvalue weighted by atomic mass is 9.36. The van der Waals surface area contributed by atoms with Gasteiger partial charge in [-0.1, -0.05) is 126 Å². The van der Waals surface area contributed by atoms with E-state index in [1.165, 1.54) is 140 Å². The van der Waals surface area contributed by atoms with Crippen LogP contribution >= 0.6 is 45.3 Å². The molecule has 0 atom stereocenters. The number of hydrogen-bond donors (Lipinski definition) is 0. The molecule has 0 N–H and O–H groups in total. The standard InChI is InChI=1S/C66H53BN2S4/c1-38-28-42(52-37-72-59-23-14-11-20-48(52)59)29-39(2)62(38)69-56-34-44(66(6,7)8)33-55-61(56)67(64-63(69)49-32-43(65(3,4)5)25-27-60(49)73-64)53-26-24-41(51-36-71-58-22-13-10-19-47(51)58)31-54(53)68(55)45-17-15-16-40(30-45)50-35-70-57-21-12-9-18-46(50)57/h9-37H,1-8H3. The van der Waals surface area contributed by atoms with Gasteiger partial charge in [0.05, 0.1) is 11.4 Å². The number of anilines is 6. The van der Waals surface area contributed by atoms with Gasteiger partial charge in [0.2, 0.25) is 0 Å². The Balaban J connectivity index is 1.08. The summed E-state index contributed by atoms with van der Waals surface area (Å²) in [4.78, 5) is 5.35. The first-order valence-electron chi connectivity index (χ1n) is 25.4. The minimum absolute atomic E-state index is 0.00123. The third-order valence-corrected chi connectivity index (χ3v) is 19.7. The average Bonchev–Trinajstić information content (AvgIpc) is 4.21. The van der Waals surface area contributed by atoms with Crippen molar-refractivity contribution < 1.29 is 0 Å². The first-order chi connectivity index (χ1) is 35.3. The summed E-state index contributed by atoms with van der Waals surface area (Å²) in [6.07, 6.45) is 0. The topological polar surface area (TPSA) is 6.48 Å². The van der Waals surface area contributed by atoms with E-state index in [-0.39, 0.29) is 17.5 Å². The van der Waals surface area contributed by atoms with Crippen molar-refractivity contribution in [3.05, 3.63) is 196 Å². The summed E-state index contributed by atoms with van der Waals surface area (Å²) in [6, 6.07) is 60.6. The van der Waals surface area contributed by atoms with Gasteiger partial charge in [-0.15, -0.1) is 45.3 Å². The fourth-order valence-corrected chi connectivity index (χ4v) is 16.1. The van der Waals surface area contributed by atoms with E-state index in [1.54, 1.807) is 0 Å². The highest BCUT2D eigenvalue weighted by atomic mass is 32.1. The van der Waals surface area contributed by atoms with Crippen molar-refractivity contribution in [3.63, 3.8) is 0 Å². The van der Waals surface area contributed by atoms with Gasteiger partial charge in [-0.25, -0.2) is 0 Å². The number of fused-ring (bicyclic) bond motifs is 9. The highest BCUT2D eigenvalue weighted by molar-refractivity contribution is 7.33. The van der Waals surface area contributed by atoms with Crippen LogP contribution in [0, 0.1) is 13.8 Å². The Hall–Kier alpha value is -6.74. The molecule has 6 heterocycles. The molecule has 4 aromatic heterocycles. The number of nitrogens with zero attached hydrogens (tertiary/aromatic N) is 2. The minimum atomic E-state index is -0.155. The van der Waals surface area contributed by atoms with E-state index >= 15 is 0 Å². The Morgan fingerprint density at radius 3 is 1.55 bits per heavy atom. The predicted octanol–water partition coefficient (Wildman–Crippen LogP) is 18.8. The summed E-state index contributed by atoms with van der Waals surface area (Å²) in [5.41, 5.74) is 22.8. The lowest BCUT2D eigenvalue weighted by molar-refractivity contribution is 0.590. The quantitative estimate of drug-likeness (QED) is 0.159. The molecule has 8 aromatic carbocycles. The fraction of sp³-hybridized carbons (Fsp3) is 0.152. The van der Waals surface area contributed by atoms with E-state index in [1.807, 2.05) is 45.3 Å². The zero-order valence-corrected chi connectivity index (χ0v) is 45.6. The smallest absolute Gasteiger partial charge is 0.264 e. The van der Waals surface area contributed by atoms with E-state index in [4.69, 9.17) is 0 Å². The molecule has 12 aromatic rings. The Bertz CT molecular complexity index is 4220. The van der Waals surface area contributed by atoms with Gasteiger partial charge >= 0.3 is 0 Å². The van der Waals surface area contributed by atoms with Crippen LogP contribution in [0.4, 0.5) is 34.1 Å². The summed E-state index contributed by atoms with van der Waals surface area (Å²) in [7, 11) is 0. The molecule has 0 spiro atoms. The molecule has 7 heteroatoms. The second-order valence-electron chi connectivity index (χ2n) is 22.3. The van der Waals surface area contributed by atoms with E-state index in [0.717, 1.165) is 5.69 Å². The molecule has 354 valence electrons. The van der Waals surface area contributed by atoms with Gasteiger partial charge in [0.1, 0.15) is 0 Å². The summed E-state index contributed by atoms with van der Waals surface area (Å²) in [5.74, 6) is 0. The van der Waals surface area contributed by atoms with E-state index in [2.05, 4.69) is 239 Å². The predicted molar refractivity (Wildman–Crippen MR) is 325 cm³/mol. The monoisotopic (exact) mass is 1010 g/mol. The van der Waals surface area contributed by atoms with Gasteiger partial charge in [-0.3, -0.25) is 0 Å². The van der Waals surface area contributed by atoms with Gasteiger partial charge in [-0.05, 0) is 163 Å². The van der Waals surface area contributed by atoms with Crippen LogP contribution in [0.1, 0.15) is 63.8 Å². The molecule has 73 heavy (non-hydrogen) atoms. The molecule has 0 aliphatic carbocycles. The van der Waals surface area contributed by atoms with Gasteiger partial charge in [0, 0.05) is 84.6 Å². The van der Waals surface area contributed by atoms with E-state index < -0.39 is 0 Å². The van der Waals surface area contributed by atoms with Crippen LogP contribution in [-0.2, 0) is 10.8 Å². The molecular weight excluding hydrogens is 960 g/mol. The number of rotatable bonds is 5. The SMILES string of the molecule is Cc1cc(-c2csc3ccccc23)cc(C)c1N1c2cc(C(C)(C)C)cc3c2B(c2ccc(-c4csc5ccccc45)cc2N3c2cccc(-c3csc4ccccc34)c2)c2sc3ccc(C(C)(C)C)cc3c21. The van der Waals surface area contributed by atoms with Crippen LogP contribution < -0.4 is 25.5 Å². The van der Waals surface area contributed by atoms with Crippen molar-refractivity contribution in [2.75, 3.05) is 9.80 Å². The van der Waals surface area contributed by atoms with Gasteiger partial charge in [0.15, 0.2) is 0 Å². The molecule has 0 fully saturated rings. The zero-order chi connectivity index (χ0) is 49.7. The molecule has 2 nitrogen and oxygen atoms in total. The summed E-state index contributed by atoms with van der Waals surface area (Å²) < 4.78 is 6.67. The lowest BCUT2D eigenvalue weighted by Crippen LogP contribution is -2.60. The van der Waals surface area contributed by atoms with Crippen LogP contribution in [0.3, 0.4) is 0 Å². The van der Waals surface area contributed by atoms with Crippen molar-refractivity contribution in [3.8, 4) is 33.4 Å². The molecule has 2 aliphatic heterocycles. The fourth-order valence-electron chi connectivity index (χ4n) is 11.9. The molecule has 0 bridgehead atoms. The summed E-state index contributed by atoms with van der Waals surface area (Å²) in [6.45, 7) is 18.9. The molecule has 2 aliphatic rings. The normalized spacial score (nSPS) is 13.4. The summed E-state index contributed by atoms with van der Waals surface area (Å²) in [5, 5.41) is 12.3. The molecule has 0 unspecified atom stereocenters. The second-order valence-corrected chi connectivity index (χ2v) is 26.1. The van der Waals surface area contributed by atoms with Gasteiger partial charge < -0.3 is 9.80 Å². The van der Waals surface area contributed by atoms with Crippen LogP contribution in [-0.4, -0.2) is 6.71 Å². The first-order valence-corrected chi connectivity index (χ1v) is 28.8. The molecule has 0 saturated heterocycles. The number of aryl methyl sites for hydroxylation is 2. The lowest BCUT2D eigenvalue weighted by Gasteiger charge is -2.45. The van der Waals surface area contributed by atoms with Crippen molar-refractivity contribution in [2.45, 2.75) is 66.2 Å². The summed E-state index contributed by atoms with van der Waals surface area (Å²) >= 11 is 7.49. The van der Waals surface area contributed by atoms with Crippen LogP contribution in [0.15, 0.2) is 174 Å². The Morgan fingerprint density at radius 1 is 0.411 bits per heavy atom. The zero-order valence-electron chi connectivity index (χ0n) is 42.3. The van der Waals surface area contributed by atoms with Crippen LogP contribution in [0.2, 0.25) is 0 Å². The van der Waals surface area contributed by atoms with E-state index in [0.29, 0.717) is 0 Å². The van der Waals surface area contributed by atoms with Gasteiger partial charge in [0.25, 0.3) is 6.71 Å². The van der Waals surface area contributed by atoms with Crippen LogP contribution in [0.5, 0.6) is 0 Å². The van der Waals surface area contributed by atoms with Crippen molar-refractivity contribution >= 4 is 142 Å². The third-order valence-electron chi connectivity index (χ3n) is 15.6. The van der Waals surface area contributed by atoms with E-state index in [9.17, 15) is 0 Å². The highest BCUT2D eigenvalue weighted by Gasteiger charge is 2.46. The molecular formula is C66H53BN2S4. The van der Waals surface area contributed by atoms with Crippen molar-refractivity contribution in [2.24, 2.45) is 0 Å². The number of hydrogen-bond acceptors (Lipinski definition) is 6. The minimum Gasteiger partial charge on any atom is -0.311 e. The highest BCUT2D eigenvalue weighted by Crippen LogP contribution is 2.53. The number of benzene rings is 8. The van der Waals surface area contributed by atoms with Crippen molar-refractivity contribution in [1.29, 1.82) is 0 Å². The average molecular weight is 1010 g/mol. The maximum atomic E-state index is 2.72. The molecule has 14 rings (SSSR count). The maximum Gasteiger partial charge on any atom is 0.264 e. The third kappa shape index (κ3) is 6.99. The number of thiophene rings is 4. The Morgan fingerprint density at radius 2 is 0.959 bits per heavy atom. The molecule has 0 saturated carbocycles. The second kappa shape index (κ2) is 16.4. The Kier molecular flexibility index (Phi) is 10.1. The maximum absolute atomic E-state index is 2.72. The van der Waals surface area contributed by atoms with Crippen molar-refractivity contribution in [1.82, 2.24) is 0 Å².